The quantitative estimate of drug-likeness (QED) is 0.382. The van der Waals surface area contributed by atoms with Crippen molar-refractivity contribution in [3.63, 3.8) is 0 Å². The minimum Gasteiger partial charge on any atom is -0.457 e. The number of fused-ring (bicyclic) bond motifs is 1. The van der Waals surface area contributed by atoms with E-state index in [0.29, 0.717) is 23.3 Å². The van der Waals surface area contributed by atoms with Gasteiger partial charge in [-0.2, -0.15) is 0 Å². The molecule has 1 aliphatic rings. The number of hydrogen-bond acceptors (Lipinski definition) is 6. The molecular weight excluding hydrogens is 360 g/mol. The first kappa shape index (κ1) is 18.8. The van der Waals surface area contributed by atoms with Gasteiger partial charge >= 0.3 is 17.9 Å². The van der Waals surface area contributed by atoms with Crippen molar-refractivity contribution in [3.05, 3.63) is 107 Å². The maximum absolute atomic E-state index is 11.5. The molecular formula is C22H16O6. The molecule has 0 aliphatic carbocycles. The minimum absolute atomic E-state index is 0.199. The Labute approximate surface area is 161 Å². The molecule has 140 valence electrons. The molecule has 0 saturated heterocycles. The molecule has 0 radical (unpaired) electrons. The highest BCUT2D eigenvalue weighted by molar-refractivity contribution is 5.93. The maximum atomic E-state index is 11.5. The van der Waals surface area contributed by atoms with Crippen molar-refractivity contribution in [2.24, 2.45) is 0 Å². The molecule has 0 atom stereocenters. The Morgan fingerprint density at radius 3 is 1.64 bits per heavy atom. The molecule has 4 rings (SSSR count). The fourth-order valence-corrected chi connectivity index (χ4v) is 2.39. The van der Waals surface area contributed by atoms with Gasteiger partial charge in [-0.05, 0) is 30.3 Å². The van der Waals surface area contributed by atoms with Crippen LogP contribution < -0.4 is 0 Å². The molecule has 0 spiro atoms. The lowest BCUT2D eigenvalue weighted by Crippen LogP contribution is -2.11. The van der Waals surface area contributed by atoms with E-state index >= 15 is 0 Å². The number of rotatable bonds is 2. The van der Waals surface area contributed by atoms with Gasteiger partial charge in [0.25, 0.3) is 0 Å². The van der Waals surface area contributed by atoms with Gasteiger partial charge < -0.3 is 4.74 Å². The van der Waals surface area contributed by atoms with E-state index in [0.717, 1.165) is 5.56 Å². The largest absolute Gasteiger partial charge is 0.457 e. The van der Waals surface area contributed by atoms with Gasteiger partial charge in [-0.1, -0.05) is 54.6 Å². The van der Waals surface area contributed by atoms with Gasteiger partial charge in [0.05, 0.1) is 16.7 Å². The monoisotopic (exact) mass is 376 g/mol. The third-order valence-corrected chi connectivity index (χ3v) is 3.81. The molecule has 1 aliphatic heterocycles. The summed E-state index contributed by atoms with van der Waals surface area (Å²) >= 11 is 0. The van der Waals surface area contributed by atoms with Crippen LogP contribution in [0.3, 0.4) is 0 Å². The first-order valence-electron chi connectivity index (χ1n) is 8.43. The Hall–Kier alpha value is -3.93. The normalized spacial score (nSPS) is 11.4. The summed E-state index contributed by atoms with van der Waals surface area (Å²) in [6.45, 7) is 0.439. The van der Waals surface area contributed by atoms with Crippen LogP contribution in [0, 0.1) is 0 Å². The van der Waals surface area contributed by atoms with Crippen molar-refractivity contribution < 1.29 is 28.9 Å². The Balaban J connectivity index is 0.000000188. The summed E-state index contributed by atoms with van der Waals surface area (Å²) in [5.41, 5.74) is 2.34. The number of ether oxygens (including phenoxy) is 1. The van der Waals surface area contributed by atoms with Crippen LogP contribution in [0.2, 0.25) is 0 Å². The molecule has 0 amide bonds. The van der Waals surface area contributed by atoms with Gasteiger partial charge in [-0.3, -0.25) is 0 Å². The van der Waals surface area contributed by atoms with Gasteiger partial charge in [0.1, 0.15) is 6.61 Å². The fourth-order valence-electron chi connectivity index (χ4n) is 2.39. The third kappa shape index (κ3) is 4.82. The van der Waals surface area contributed by atoms with Crippen LogP contribution in [-0.2, 0) is 21.1 Å². The van der Waals surface area contributed by atoms with Crippen LogP contribution in [0.15, 0.2) is 84.9 Å². The molecule has 0 fully saturated rings. The first-order chi connectivity index (χ1) is 13.6. The molecule has 0 aromatic heterocycles. The average molecular weight is 376 g/mol. The lowest BCUT2D eigenvalue weighted by molar-refractivity contribution is -0.187. The van der Waals surface area contributed by atoms with E-state index in [1.807, 2.05) is 18.2 Å². The highest BCUT2D eigenvalue weighted by atomic mass is 17.2. The number of hydrogen-bond donors (Lipinski definition) is 0. The predicted octanol–water partition coefficient (Wildman–Crippen LogP) is 3.97. The number of benzene rings is 3. The molecule has 6 nitrogen and oxygen atoms in total. The summed E-state index contributed by atoms with van der Waals surface area (Å²) in [7, 11) is 0. The van der Waals surface area contributed by atoms with Crippen molar-refractivity contribution in [2.75, 3.05) is 0 Å². The average Bonchev–Trinajstić information content (AvgIpc) is 3.14. The topological polar surface area (TPSA) is 78.9 Å². The zero-order valence-electron chi connectivity index (χ0n) is 14.7. The van der Waals surface area contributed by atoms with Gasteiger partial charge in [0, 0.05) is 5.56 Å². The summed E-state index contributed by atoms with van der Waals surface area (Å²) in [6, 6.07) is 24.0. The molecule has 0 bridgehead atoms. The van der Waals surface area contributed by atoms with Crippen LogP contribution in [0.25, 0.3) is 0 Å². The van der Waals surface area contributed by atoms with E-state index in [4.69, 9.17) is 4.74 Å². The SMILES string of the molecule is O=C(OOC(=O)c1ccccc1)c1ccccc1.O=C1OCc2ccccc21. The summed E-state index contributed by atoms with van der Waals surface area (Å²) < 4.78 is 4.78. The summed E-state index contributed by atoms with van der Waals surface area (Å²) in [6.07, 6.45) is 0. The molecule has 3 aromatic rings. The smallest absolute Gasteiger partial charge is 0.386 e. The second-order valence-electron chi connectivity index (χ2n) is 5.71. The lowest BCUT2D eigenvalue weighted by atomic mass is 10.1. The van der Waals surface area contributed by atoms with Crippen molar-refractivity contribution in [1.82, 2.24) is 0 Å². The Morgan fingerprint density at radius 1 is 0.679 bits per heavy atom. The van der Waals surface area contributed by atoms with E-state index in [9.17, 15) is 14.4 Å². The Bertz CT molecular complexity index is 915. The van der Waals surface area contributed by atoms with Gasteiger partial charge in [-0.15, -0.1) is 0 Å². The second-order valence-corrected chi connectivity index (χ2v) is 5.71. The number of cyclic esters (lactones) is 1. The van der Waals surface area contributed by atoms with E-state index in [1.54, 1.807) is 66.7 Å². The number of esters is 1. The molecule has 6 heteroatoms. The van der Waals surface area contributed by atoms with Crippen LogP contribution in [0.4, 0.5) is 0 Å². The van der Waals surface area contributed by atoms with Crippen LogP contribution in [0.5, 0.6) is 0 Å². The zero-order chi connectivity index (χ0) is 19.8. The van der Waals surface area contributed by atoms with Crippen molar-refractivity contribution in [1.29, 1.82) is 0 Å². The standard InChI is InChI=1S/C14H10O4.C8H6O2/c15-13(11-7-3-1-4-8-11)17-18-14(16)12-9-5-2-6-10-12;9-8-7-4-2-1-3-6(7)5-10-8/h1-10H;1-4H,5H2. The van der Waals surface area contributed by atoms with E-state index in [1.165, 1.54) is 0 Å². The van der Waals surface area contributed by atoms with E-state index in [-0.39, 0.29) is 5.97 Å². The molecule has 3 aromatic carbocycles. The Morgan fingerprint density at radius 2 is 1.14 bits per heavy atom. The molecule has 28 heavy (non-hydrogen) atoms. The fraction of sp³-hybridized carbons (Fsp3) is 0.0455. The maximum Gasteiger partial charge on any atom is 0.386 e. The molecule has 1 heterocycles. The van der Waals surface area contributed by atoms with E-state index < -0.39 is 11.9 Å². The van der Waals surface area contributed by atoms with Crippen molar-refractivity contribution in [3.8, 4) is 0 Å². The molecule has 0 saturated carbocycles. The Kier molecular flexibility index (Phi) is 6.15. The zero-order valence-corrected chi connectivity index (χ0v) is 14.7. The van der Waals surface area contributed by atoms with Gasteiger partial charge in [0.15, 0.2) is 0 Å². The second kappa shape index (κ2) is 9.14. The predicted molar refractivity (Wildman–Crippen MR) is 99.3 cm³/mol. The third-order valence-electron chi connectivity index (χ3n) is 3.81. The summed E-state index contributed by atoms with van der Waals surface area (Å²) in [4.78, 5) is 42.7. The van der Waals surface area contributed by atoms with Gasteiger partial charge in [-0.25, -0.2) is 24.2 Å². The lowest BCUT2D eigenvalue weighted by Gasteiger charge is -2.02. The van der Waals surface area contributed by atoms with Crippen LogP contribution in [0.1, 0.15) is 36.6 Å². The highest BCUT2D eigenvalue weighted by Crippen LogP contribution is 2.18. The highest BCUT2D eigenvalue weighted by Gasteiger charge is 2.19. The van der Waals surface area contributed by atoms with Crippen molar-refractivity contribution >= 4 is 17.9 Å². The van der Waals surface area contributed by atoms with Gasteiger partial charge in [0.2, 0.25) is 0 Å². The summed E-state index contributed by atoms with van der Waals surface area (Å²) in [5.74, 6) is -1.62. The number of carbonyl (C=O) groups is 3. The van der Waals surface area contributed by atoms with Crippen LogP contribution in [-0.4, -0.2) is 17.9 Å². The van der Waals surface area contributed by atoms with Crippen molar-refractivity contribution in [2.45, 2.75) is 6.61 Å². The first-order valence-corrected chi connectivity index (χ1v) is 8.43. The number of carbonyl (C=O) groups excluding carboxylic acids is 3. The molecule has 0 unspecified atom stereocenters. The minimum atomic E-state index is -0.708. The molecule has 0 N–H and O–H groups in total. The van der Waals surface area contributed by atoms with Crippen LogP contribution >= 0.6 is 0 Å². The van der Waals surface area contributed by atoms with E-state index in [2.05, 4.69) is 9.78 Å². The summed E-state index contributed by atoms with van der Waals surface area (Å²) in [5, 5.41) is 0.